The fourth-order valence-corrected chi connectivity index (χ4v) is 2.07. The largest absolute Gasteiger partial charge is 0.391 e. The first kappa shape index (κ1) is 11.9. The molecule has 0 fully saturated rings. The molecular formula is C8H12ClNO3S. The Kier molecular flexibility index (Phi) is 4.77. The number of thiazole rings is 1. The van der Waals surface area contributed by atoms with E-state index in [4.69, 9.17) is 26.2 Å². The second kappa shape index (κ2) is 5.63. The van der Waals surface area contributed by atoms with Crippen LogP contribution in [0.1, 0.15) is 23.8 Å². The Morgan fingerprint density at radius 3 is 2.86 bits per heavy atom. The van der Waals surface area contributed by atoms with Crippen molar-refractivity contribution in [1.82, 2.24) is 4.98 Å². The summed E-state index contributed by atoms with van der Waals surface area (Å²) >= 11 is 6.96. The second-order valence-electron chi connectivity index (χ2n) is 2.46. The Bertz CT molecular complexity index is 292. The molecule has 1 aromatic heterocycles. The van der Waals surface area contributed by atoms with Gasteiger partial charge in [-0.15, -0.1) is 11.3 Å². The summed E-state index contributed by atoms with van der Waals surface area (Å²) in [6, 6.07) is 0. The van der Waals surface area contributed by atoms with Gasteiger partial charge in [-0.25, -0.2) is 4.98 Å². The van der Waals surface area contributed by atoms with E-state index in [0.29, 0.717) is 21.6 Å². The maximum atomic E-state index is 9.05. The average molecular weight is 238 g/mol. The van der Waals surface area contributed by atoms with Gasteiger partial charge >= 0.3 is 0 Å². The second-order valence-corrected chi connectivity index (χ2v) is 4.12. The van der Waals surface area contributed by atoms with Crippen LogP contribution in [0.25, 0.3) is 0 Å². The van der Waals surface area contributed by atoms with E-state index >= 15 is 0 Å². The summed E-state index contributed by atoms with van der Waals surface area (Å²) in [6.07, 6.45) is -0.550. The maximum Gasteiger partial charge on any atom is 0.202 e. The number of aromatic nitrogens is 1. The molecule has 0 amide bonds. The van der Waals surface area contributed by atoms with Gasteiger partial charge in [0.15, 0.2) is 4.47 Å². The molecule has 0 radical (unpaired) electrons. The van der Waals surface area contributed by atoms with E-state index in [1.54, 1.807) is 0 Å². The predicted octanol–water partition coefficient (Wildman–Crippen LogP) is 1.97. The van der Waals surface area contributed by atoms with Crippen molar-refractivity contribution in [2.24, 2.45) is 0 Å². The van der Waals surface area contributed by atoms with E-state index in [0.717, 1.165) is 0 Å². The molecule has 14 heavy (non-hydrogen) atoms. The molecule has 0 saturated heterocycles. The predicted molar refractivity (Wildman–Crippen MR) is 54.4 cm³/mol. The summed E-state index contributed by atoms with van der Waals surface area (Å²) in [7, 11) is 1.52. The highest BCUT2D eigenvalue weighted by Crippen LogP contribution is 2.29. The number of hydrogen-bond donors (Lipinski definition) is 1. The monoisotopic (exact) mass is 237 g/mol. The highest BCUT2D eigenvalue weighted by atomic mass is 35.5. The van der Waals surface area contributed by atoms with E-state index in [9.17, 15) is 0 Å². The Hall–Kier alpha value is -0.200. The minimum atomic E-state index is -0.550. The molecule has 0 aliphatic heterocycles. The molecule has 1 N–H and O–H groups in total. The van der Waals surface area contributed by atoms with Gasteiger partial charge in [-0.2, -0.15) is 0 Å². The van der Waals surface area contributed by atoms with Crippen molar-refractivity contribution in [3.05, 3.63) is 15.0 Å². The van der Waals surface area contributed by atoms with Crippen LogP contribution in [0.5, 0.6) is 0 Å². The fourth-order valence-electron chi connectivity index (χ4n) is 1.04. The number of halogens is 1. The molecule has 4 nitrogen and oxygen atoms in total. The third kappa shape index (κ3) is 2.65. The molecular weight excluding hydrogens is 226 g/mol. The summed E-state index contributed by atoms with van der Waals surface area (Å²) < 4.78 is 10.8. The fraction of sp³-hybridized carbons (Fsp3) is 0.625. The number of hydrogen-bond acceptors (Lipinski definition) is 5. The Morgan fingerprint density at radius 2 is 2.36 bits per heavy atom. The van der Waals surface area contributed by atoms with Crippen LogP contribution in [0.2, 0.25) is 4.47 Å². The van der Waals surface area contributed by atoms with Gasteiger partial charge in [0, 0.05) is 13.7 Å². The molecule has 80 valence electrons. The zero-order valence-corrected chi connectivity index (χ0v) is 9.56. The van der Waals surface area contributed by atoms with Crippen LogP contribution in [0.3, 0.4) is 0 Å². The van der Waals surface area contributed by atoms with Crippen molar-refractivity contribution >= 4 is 22.9 Å². The van der Waals surface area contributed by atoms with Gasteiger partial charge in [-0.3, -0.25) is 0 Å². The van der Waals surface area contributed by atoms with Gasteiger partial charge in [0.25, 0.3) is 0 Å². The van der Waals surface area contributed by atoms with Crippen LogP contribution in [0.15, 0.2) is 0 Å². The number of ether oxygens (including phenoxy) is 2. The molecule has 0 saturated carbocycles. The molecule has 0 aromatic carbocycles. The number of nitrogens with zero attached hydrogens (tertiary/aromatic N) is 1. The maximum absolute atomic E-state index is 9.05. The minimum absolute atomic E-state index is 0.105. The third-order valence-corrected chi connectivity index (χ3v) is 2.76. The molecule has 0 spiro atoms. The smallest absolute Gasteiger partial charge is 0.202 e. The van der Waals surface area contributed by atoms with Gasteiger partial charge in [-0.05, 0) is 6.92 Å². The lowest BCUT2D eigenvalue weighted by molar-refractivity contribution is -0.126. The topological polar surface area (TPSA) is 51.6 Å². The molecule has 0 aliphatic carbocycles. The molecule has 1 atom stereocenters. The summed E-state index contributed by atoms with van der Waals surface area (Å²) in [4.78, 5) is 4.72. The summed E-state index contributed by atoms with van der Waals surface area (Å²) in [6.45, 7) is 2.27. The van der Waals surface area contributed by atoms with Gasteiger partial charge < -0.3 is 14.6 Å². The Morgan fingerprint density at radius 1 is 1.64 bits per heavy atom. The van der Waals surface area contributed by atoms with Crippen LogP contribution in [-0.4, -0.2) is 23.8 Å². The van der Waals surface area contributed by atoms with E-state index in [1.165, 1.54) is 18.4 Å². The Balaban J connectivity index is 2.89. The number of aliphatic hydroxyl groups excluding tert-OH is 1. The molecule has 1 unspecified atom stereocenters. The molecule has 0 aliphatic rings. The minimum Gasteiger partial charge on any atom is -0.391 e. The highest BCUT2D eigenvalue weighted by molar-refractivity contribution is 7.15. The lowest BCUT2D eigenvalue weighted by Crippen LogP contribution is -2.08. The first-order valence-electron chi connectivity index (χ1n) is 4.13. The van der Waals surface area contributed by atoms with Crippen molar-refractivity contribution in [3.8, 4) is 0 Å². The standard InChI is InChI=1S/C8H12ClNO3S/c1-3-13-7(12-2)6-5(4-11)14-8(9)10-6/h7,11H,3-4H2,1-2H3. The van der Waals surface area contributed by atoms with Crippen molar-refractivity contribution in [3.63, 3.8) is 0 Å². The normalized spacial score (nSPS) is 13.1. The van der Waals surface area contributed by atoms with Crippen molar-refractivity contribution in [2.45, 2.75) is 19.8 Å². The summed E-state index contributed by atoms with van der Waals surface area (Å²) in [5.41, 5.74) is 0.562. The van der Waals surface area contributed by atoms with Crippen LogP contribution < -0.4 is 0 Å². The summed E-state index contributed by atoms with van der Waals surface area (Å²) in [5.74, 6) is 0. The first-order valence-corrected chi connectivity index (χ1v) is 5.32. The van der Waals surface area contributed by atoms with Crippen LogP contribution in [0, 0.1) is 0 Å². The van der Waals surface area contributed by atoms with Gasteiger partial charge in [0.2, 0.25) is 6.29 Å². The van der Waals surface area contributed by atoms with Crippen LogP contribution >= 0.6 is 22.9 Å². The third-order valence-electron chi connectivity index (χ3n) is 1.60. The molecule has 1 aromatic rings. The van der Waals surface area contributed by atoms with Gasteiger partial charge in [0.1, 0.15) is 5.69 Å². The zero-order valence-electron chi connectivity index (χ0n) is 7.99. The summed E-state index contributed by atoms with van der Waals surface area (Å²) in [5, 5.41) is 9.05. The van der Waals surface area contributed by atoms with Crippen LogP contribution in [-0.2, 0) is 16.1 Å². The first-order chi connectivity index (χ1) is 6.72. The molecule has 6 heteroatoms. The van der Waals surface area contributed by atoms with Gasteiger partial charge in [0.05, 0.1) is 11.5 Å². The number of methoxy groups -OCH3 is 1. The lowest BCUT2D eigenvalue weighted by atomic mass is 10.3. The average Bonchev–Trinajstić information content (AvgIpc) is 2.55. The molecule has 1 rings (SSSR count). The van der Waals surface area contributed by atoms with E-state index in [-0.39, 0.29) is 6.61 Å². The zero-order chi connectivity index (χ0) is 10.6. The van der Waals surface area contributed by atoms with Crippen LogP contribution in [0.4, 0.5) is 0 Å². The lowest BCUT2D eigenvalue weighted by Gasteiger charge is -2.13. The van der Waals surface area contributed by atoms with E-state index < -0.39 is 6.29 Å². The van der Waals surface area contributed by atoms with Gasteiger partial charge in [-0.1, -0.05) is 11.6 Å². The van der Waals surface area contributed by atoms with E-state index in [2.05, 4.69) is 4.98 Å². The highest BCUT2D eigenvalue weighted by Gasteiger charge is 2.19. The van der Waals surface area contributed by atoms with Crippen molar-refractivity contribution < 1.29 is 14.6 Å². The Labute approximate surface area is 91.4 Å². The van der Waals surface area contributed by atoms with E-state index in [1.807, 2.05) is 6.92 Å². The molecule has 1 heterocycles. The number of aliphatic hydroxyl groups is 1. The molecule has 0 bridgehead atoms. The van der Waals surface area contributed by atoms with Crippen molar-refractivity contribution in [2.75, 3.05) is 13.7 Å². The van der Waals surface area contributed by atoms with Crippen molar-refractivity contribution in [1.29, 1.82) is 0 Å². The number of rotatable bonds is 5. The SMILES string of the molecule is CCOC(OC)c1nc(Cl)sc1CO. The quantitative estimate of drug-likeness (QED) is 0.796.